The molecule has 0 bridgehead atoms. The number of rotatable bonds is 22. The predicted molar refractivity (Wildman–Crippen MR) is 126 cm³/mol. The van der Waals surface area contributed by atoms with Gasteiger partial charge in [-0.2, -0.15) is 0 Å². The summed E-state index contributed by atoms with van der Waals surface area (Å²) in [7, 11) is 0. The minimum atomic E-state index is -1.68. The van der Waals surface area contributed by atoms with Crippen LogP contribution < -0.4 is 5.73 Å². The van der Waals surface area contributed by atoms with Crippen LogP contribution in [0, 0.1) is 0 Å². The highest BCUT2D eigenvalue weighted by Crippen LogP contribution is 2.13. The summed E-state index contributed by atoms with van der Waals surface area (Å²) in [6, 6.07) is -1.31. The number of carbonyl (C=O) groups is 2. The molecule has 0 heterocycles. The number of allylic oxidation sites excluding steroid dienone is 1. The summed E-state index contributed by atoms with van der Waals surface area (Å²) < 4.78 is 0. The number of aliphatic carboxylic acids is 1. The quantitative estimate of drug-likeness (QED) is 0.0899. The lowest BCUT2D eigenvalue weighted by Crippen LogP contribution is -2.52. The van der Waals surface area contributed by atoms with Crippen LogP contribution >= 0.6 is 0 Å². The number of ketones is 1. The fourth-order valence-corrected chi connectivity index (χ4v) is 3.50. The maximum Gasteiger partial charge on any atom is 0.303 e. The molecular formula is C24H45NO8. The summed E-state index contributed by atoms with van der Waals surface area (Å²) in [5.74, 6) is -1.14. The maximum atomic E-state index is 12.0. The van der Waals surface area contributed by atoms with Crippen LogP contribution in [0.15, 0.2) is 12.2 Å². The van der Waals surface area contributed by atoms with Gasteiger partial charge in [0.05, 0.1) is 18.8 Å². The number of nitrogens with two attached hydrogens (primary N) is 1. The molecule has 0 aliphatic carbocycles. The molecule has 0 amide bonds. The van der Waals surface area contributed by atoms with Gasteiger partial charge in [0.15, 0.2) is 5.78 Å². The molecule has 9 nitrogen and oxygen atoms in total. The Morgan fingerprint density at radius 3 is 1.97 bits per heavy atom. The molecule has 9 heteroatoms. The summed E-state index contributed by atoms with van der Waals surface area (Å²) in [4.78, 5) is 22.4. The van der Waals surface area contributed by atoms with Crippen molar-refractivity contribution in [2.45, 2.75) is 120 Å². The fourth-order valence-electron chi connectivity index (χ4n) is 3.50. The zero-order chi connectivity index (χ0) is 25.1. The van der Waals surface area contributed by atoms with Gasteiger partial charge in [-0.15, -0.1) is 0 Å². The van der Waals surface area contributed by atoms with Crippen LogP contribution in [0.25, 0.3) is 0 Å². The average molecular weight is 476 g/mol. The van der Waals surface area contributed by atoms with Crippen LogP contribution in [0.4, 0.5) is 0 Å². The van der Waals surface area contributed by atoms with Gasteiger partial charge in [0.1, 0.15) is 18.3 Å². The summed E-state index contributed by atoms with van der Waals surface area (Å²) >= 11 is 0. The lowest BCUT2D eigenvalue weighted by atomic mass is 9.95. The number of unbranched alkanes of at least 4 members (excludes halogenated alkanes) is 8. The van der Waals surface area contributed by atoms with Gasteiger partial charge in [0, 0.05) is 12.8 Å². The minimum Gasteiger partial charge on any atom is -0.481 e. The van der Waals surface area contributed by atoms with Crippen LogP contribution in [0.3, 0.4) is 0 Å². The summed E-state index contributed by atoms with van der Waals surface area (Å²) in [6.07, 6.45) is 9.48. The fraction of sp³-hybridized carbons (Fsp3) is 0.833. The summed E-state index contributed by atoms with van der Waals surface area (Å²) in [5.41, 5.74) is 5.64. The predicted octanol–water partition coefficient (Wildman–Crippen LogP) is 1.42. The first kappa shape index (κ1) is 31.6. The minimum absolute atomic E-state index is 0.158. The van der Waals surface area contributed by atoms with Crippen LogP contribution in [-0.4, -0.2) is 79.5 Å². The van der Waals surface area contributed by atoms with Crippen LogP contribution in [0.5, 0.6) is 0 Å². The number of carboxylic acids is 1. The highest BCUT2D eigenvalue weighted by molar-refractivity contribution is 5.84. The molecule has 0 aromatic carbocycles. The Kier molecular flexibility index (Phi) is 19.2. The SMILES string of the molecule is N[C@@H](C(=O)CCCCCC[C@@H](O)C/C=C\CCCCCCCC(=O)O)[C@@H](O)[C@H](O)[C@H](O)CO. The lowest BCUT2D eigenvalue weighted by molar-refractivity contribution is -0.137. The molecule has 0 fully saturated rings. The first-order chi connectivity index (χ1) is 15.7. The van der Waals surface area contributed by atoms with Crippen molar-refractivity contribution in [3.8, 4) is 0 Å². The Labute approximate surface area is 197 Å². The number of carbonyl (C=O) groups excluding carboxylic acids is 1. The normalized spacial score (nSPS) is 16.4. The Balaban J connectivity index is 3.69. The summed E-state index contributed by atoms with van der Waals surface area (Å²) in [6.45, 7) is -0.738. The van der Waals surface area contributed by atoms with Crippen molar-refractivity contribution in [1.82, 2.24) is 0 Å². The molecule has 5 atom stereocenters. The molecule has 0 aliphatic heterocycles. The van der Waals surface area contributed by atoms with E-state index in [1.165, 1.54) is 0 Å². The molecule has 0 saturated carbocycles. The Hall–Kier alpha value is -1.36. The van der Waals surface area contributed by atoms with Crippen molar-refractivity contribution in [3.05, 3.63) is 12.2 Å². The number of hydrogen-bond acceptors (Lipinski definition) is 8. The largest absolute Gasteiger partial charge is 0.481 e. The molecule has 0 aliphatic rings. The second kappa shape index (κ2) is 20.1. The van der Waals surface area contributed by atoms with E-state index in [1.807, 2.05) is 6.08 Å². The van der Waals surface area contributed by atoms with Crippen LogP contribution in [-0.2, 0) is 9.59 Å². The van der Waals surface area contributed by atoms with E-state index >= 15 is 0 Å². The molecule has 8 N–H and O–H groups in total. The van der Waals surface area contributed by atoms with E-state index in [4.69, 9.17) is 15.9 Å². The first-order valence-corrected chi connectivity index (χ1v) is 12.2. The zero-order valence-corrected chi connectivity index (χ0v) is 19.7. The Bertz CT molecular complexity index is 543. The topological polar surface area (TPSA) is 182 Å². The molecule has 0 saturated heterocycles. The average Bonchev–Trinajstić information content (AvgIpc) is 2.79. The van der Waals surface area contributed by atoms with Crippen molar-refractivity contribution in [2.24, 2.45) is 5.73 Å². The second-order valence-electron chi connectivity index (χ2n) is 8.74. The third-order valence-electron chi connectivity index (χ3n) is 5.72. The van der Waals surface area contributed by atoms with E-state index in [2.05, 4.69) is 6.08 Å². The third-order valence-corrected chi connectivity index (χ3v) is 5.72. The van der Waals surface area contributed by atoms with Gasteiger partial charge in [-0.25, -0.2) is 0 Å². The Morgan fingerprint density at radius 1 is 0.758 bits per heavy atom. The van der Waals surface area contributed by atoms with Gasteiger partial charge < -0.3 is 36.4 Å². The molecular weight excluding hydrogens is 430 g/mol. The highest BCUT2D eigenvalue weighted by Gasteiger charge is 2.32. The second-order valence-corrected chi connectivity index (χ2v) is 8.74. The number of Topliss-reactive ketones (excluding diaryl/α,β-unsaturated/α-hetero) is 1. The van der Waals surface area contributed by atoms with Gasteiger partial charge >= 0.3 is 5.97 Å². The van der Waals surface area contributed by atoms with E-state index in [-0.39, 0.29) is 18.9 Å². The molecule has 0 radical (unpaired) electrons. The first-order valence-electron chi connectivity index (χ1n) is 12.2. The zero-order valence-electron chi connectivity index (χ0n) is 19.7. The number of aliphatic hydroxyl groups is 5. The van der Waals surface area contributed by atoms with Gasteiger partial charge in [-0.05, 0) is 38.5 Å². The molecule has 33 heavy (non-hydrogen) atoms. The highest BCUT2D eigenvalue weighted by atomic mass is 16.4. The molecule has 0 aromatic rings. The van der Waals surface area contributed by atoms with Gasteiger partial charge in [0.2, 0.25) is 0 Å². The summed E-state index contributed by atoms with van der Waals surface area (Å²) in [5, 5.41) is 56.1. The maximum absolute atomic E-state index is 12.0. The monoisotopic (exact) mass is 475 g/mol. The molecule has 194 valence electrons. The van der Waals surface area contributed by atoms with Crippen molar-refractivity contribution in [3.63, 3.8) is 0 Å². The van der Waals surface area contributed by atoms with Crippen LogP contribution in [0.1, 0.15) is 89.9 Å². The Morgan fingerprint density at radius 2 is 1.33 bits per heavy atom. The van der Waals surface area contributed by atoms with Gasteiger partial charge in [-0.3, -0.25) is 9.59 Å². The molecule has 0 rings (SSSR count). The van der Waals surface area contributed by atoms with Crippen molar-refractivity contribution in [1.29, 1.82) is 0 Å². The van der Waals surface area contributed by atoms with Crippen molar-refractivity contribution >= 4 is 11.8 Å². The van der Waals surface area contributed by atoms with Crippen LogP contribution in [0.2, 0.25) is 0 Å². The number of hydrogen-bond donors (Lipinski definition) is 7. The van der Waals surface area contributed by atoms with E-state index in [0.29, 0.717) is 19.3 Å². The standard InChI is InChI=1S/C24H45NO8/c25-22(24(33)23(32)20(29)17-26)19(28)15-11-8-7-10-14-18(27)13-9-5-3-1-2-4-6-12-16-21(30)31/h5,9,18,20,22-24,26-27,29,32-33H,1-4,6-8,10-17,25H2,(H,30,31)/b9-5-/t18-,20+,22-,23+,24+/m0/s1. The van der Waals surface area contributed by atoms with Gasteiger partial charge in [0.25, 0.3) is 0 Å². The van der Waals surface area contributed by atoms with E-state index in [9.17, 15) is 30.0 Å². The number of carboxylic acid groups (broad SMARTS) is 1. The third kappa shape index (κ3) is 16.8. The van der Waals surface area contributed by atoms with Gasteiger partial charge in [-0.1, -0.05) is 50.7 Å². The van der Waals surface area contributed by atoms with E-state index < -0.39 is 42.7 Å². The molecule has 0 spiro atoms. The lowest BCUT2D eigenvalue weighted by Gasteiger charge is -2.25. The smallest absolute Gasteiger partial charge is 0.303 e. The van der Waals surface area contributed by atoms with Crippen molar-refractivity contribution < 1.29 is 40.2 Å². The number of aliphatic hydroxyl groups excluding tert-OH is 5. The molecule has 0 aromatic heterocycles. The molecule has 0 unspecified atom stereocenters. The van der Waals surface area contributed by atoms with E-state index in [1.54, 1.807) is 0 Å². The van der Waals surface area contributed by atoms with Crippen molar-refractivity contribution in [2.75, 3.05) is 6.61 Å². The van der Waals surface area contributed by atoms with E-state index in [0.717, 1.165) is 57.8 Å².